The van der Waals surface area contributed by atoms with E-state index >= 15 is 0 Å². The second-order valence-electron chi connectivity index (χ2n) is 8.45. The summed E-state index contributed by atoms with van der Waals surface area (Å²) in [5, 5.41) is 5.86. The van der Waals surface area contributed by atoms with Gasteiger partial charge in [-0.25, -0.2) is 0 Å². The third kappa shape index (κ3) is 7.13. The first-order chi connectivity index (χ1) is 17.1. The highest BCUT2D eigenvalue weighted by Gasteiger charge is 2.18. The SMILES string of the molecule is O=C(NC(=S)Nc1cccc(C(=O)N2CCCCC2)c1)c1cccc(OCCc2ccccc2)c1. The molecule has 180 valence electrons. The van der Waals surface area contributed by atoms with Gasteiger partial charge in [0.25, 0.3) is 11.8 Å². The van der Waals surface area contributed by atoms with Crippen LogP contribution in [0.5, 0.6) is 5.75 Å². The molecule has 0 unspecified atom stereocenters. The Balaban J connectivity index is 1.30. The molecule has 2 amide bonds. The van der Waals surface area contributed by atoms with Gasteiger partial charge in [0.1, 0.15) is 5.75 Å². The summed E-state index contributed by atoms with van der Waals surface area (Å²) < 4.78 is 5.82. The van der Waals surface area contributed by atoms with Crippen molar-refractivity contribution in [3.05, 3.63) is 95.6 Å². The maximum atomic E-state index is 12.8. The number of likely N-dealkylation sites (tertiary alicyclic amines) is 1. The molecule has 2 N–H and O–H groups in total. The lowest BCUT2D eigenvalue weighted by Crippen LogP contribution is -2.36. The van der Waals surface area contributed by atoms with E-state index in [4.69, 9.17) is 17.0 Å². The molecular formula is C28H29N3O3S. The number of anilines is 1. The number of carbonyl (C=O) groups excluding carboxylic acids is 2. The maximum Gasteiger partial charge on any atom is 0.257 e. The number of hydrogen-bond acceptors (Lipinski definition) is 4. The molecule has 6 nitrogen and oxygen atoms in total. The number of rotatable bonds is 7. The Kier molecular flexibility index (Phi) is 8.46. The minimum Gasteiger partial charge on any atom is -0.493 e. The van der Waals surface area contributed by atoms with Crippen molar-refractivity contribution < 1.29 is 14.3 Å². The summed E-state index contributed by atoms with van der Waals surface area (Å²) >= 11 is 5.33. The van der Waals surface area contributed by atoms with E-state index in [9.17, 15) is 9.59 Å². The molecular weight excluding hydrogens is 458 g/mol. The quantitative estimate of drug-likeness (QED) is 0.456. The Labute approximate surface area is 211 Å². The maximum absolute atomic E-state index is 12.8. The van der Waals surface area contributed by atoms with E-state index < -0.39 is 0 Å². The number of carbonyl (C=O) groups is 2. The van der Waals surface area contributed by atoms with Crippen molar-refractivity contribution in [2.75, 3.05) is 25.0 Å². The second kappa shape index (κ2) is 12.1. The number of amides is 2. The molecule has 0 spiro atoms. The molecule has 0 saturated carbocycles. The monoisotopic (exact) mass is 487 g/mol. The van der Waals surface area contributed by atoms with Gasteiger partial charge in [0, 0.05) is 36.3 Å². The van der Waals surface area contributed by atoms with Crippen molar-refractivity contribution in [3.63, 3.8) is 0 Å². The van der Waals surface area contributed by atoms with E-state index in [-0.39, 0.29) is 16.9 Å². The fraction of sp³-hybridized carbons (Fsp3) is 0.250. The zero-order valence-electron chi connectivity index (χ0n) is 19.5. The number of nitrogens with zero attached hydrogens (tertiary/aromatic N) is 1. The minimum absolute atomic E-state index is 0.0207. The third-order valence-electron chi connectivity index (χ3n) is 5.84. The minimum atomic E-state index is -0.337. The van der Waals surface area contributed by atoms with Crippen LogP contribution < -0.4 is 15.4 Å². The van der Waals surface area contributed by atoms with Crippen LogP contribution in [0.2, 0.25) is 0 Å². The van der Waals surface area contributed by atoms with Gasteiger partial charge >= 0.3 is 0 Å². The van der Waals surface area contributed by atoms with E-state index in [1.165, 1.54) is 12.0 Å². The molecule has 1 saturated heterocycles. The van der Waals surface area contributed by atoms with Gasteiger partial charge in [-0.15, -0.1) is 0 Å². The molecule has 0 aromatic heterocycles. The lowest BCUT2D eigenvalue weighted by atomic mass is 10.1. The molecule has 1 aliphatic heterocycles. The molecule has 0 aliphatic carbocycles. The van der Waals surface area contributed by atoms with Gasteiger partial charge in [-0.2, -0.15) is 0 Å². The Bertz CT molecular complexity index is 1180. The van der Waals surface area contributed by atoms with Crippen LogP contribution in [-0.4, -0.2) is 41.5 Å². The van der Waals surface area contributed by atoms with Gasteiger partial charge in [0.05, 0.1) is 6.61 Å². The molecule has 1 aliphatic rings. The Hall–Kier alpha value is -3.71. The Morgan fingerprint density at radius 3 is 2.40 bits per heavy atom. The number of piperidine rings is 1. The number of benzene rings is 3. The van der Waals surface area contributed by atoms with Gasteiger partial charge in [-0.3, -0.25) is 14.9 Å². The Morgan fingerprint density at radius 1 is 0.857 bits per heavy atom. The predicted molar refractivity (Wildman–Crippen MR) is 142 cm³/mol. The second-order valence-corrected chi connectivity index (χ2v) is 8.86. The number of thiocarbonyl (C=S) groups is 1. The van der Waals surface area contributed by atoms with Crippen LogP contribution in [0.25, 0.3) is 0 Å². The van der Waals surface area contributed by atoms with Gasteiger partial charge in [-0.05, 0) is 73.4 Å². The highest BCUT2D eigenvalue weighted by molar-refractivity contribution is 7.80. The average molecular weight is 488 g/mol. The van der Waals surface area contributed by atoms with Crippen molar-refractivity contribution >= 4 is 34.8 Å². The van der Waals surface area contributed by atoms with E-state index in [1.54, 1.807) is 36.4 Å². The largest absolute Gasteiger partial charge is 0.493 e. The summed E-state index contributed by atoms with van der Waals surface area (Å²) in [6.45, 7) is 2.10. The fourth-order valence-electron chi connectivity index (χ4n) is 4.01. The van der Waals surface area contributed by atoms with Crippen LogP contribution in [0, 0.1) is 0 Å². The fourth-order valence-corrected chi connectivity index (χ4v) is 4.22. The molecule has 1 fully saturated rings. The molecule has 0 bridgehead atoms. The summed E-state index contributed by atoms with van der Waals surface area (Å²) in [5.41, 5.74) is 2.89. The van der Waals surface area contributed by atoms with Crippen LogP contribution in [0.15, 0.2) is 78.9 Å². The lowest BCUT2D eigenvalue weighted by Gasteiger charge is -2.26. The van der Waals surface area contributed by atoms with Crippen molar-refractivity contribution in [1.82, 2.24) is 10.2 Å². The molecule has 35 heavy (non-hydrogen) atoms. The first kappa shape index (κ1) is 24.4. The van der Waals surface area contributed by atoms with Gasteiger partial charge in [-0.1, -0.05) is 42.5 Å². The summed E-state index contributed by atoms with van der Waals surface area (Å²) in [6, 6.07) is 24.3. The number of nitrogens with one attached hydrogen (secondary N) is 2. The lowest BCUT2D eigenvalue weighted by molar-refractivity contribution is 0.0724. The standard InChI is InChI=1S/C28H29N3O3S/c32-26(22-11-8-14-25(20-22)34-18-15-21-9-3-1-4-10-21)30-28(35)29-24-13-7-12-23(19-24)27(33)31-16-5-2-6-17-31/h1,3-4,7-14,19-20H,2,5-6,15-18H2,(H2,29,30,32,35). The van der Waals surface area contributed by atoms with Crippen molar-refractivity contribution in [2.24, 2.45) is 0 Å². The van der Waals surface area contributed by atoms with Gasteiger partial charge < -0.3 is 15.0 Å². The van der Waals surface area contributed by atoms with E-state index in [0.717, 1.165) is 32.4 Å². The third-order valence-corrected chi connectivity index (χ3v) is 6.04. The van der Waals surface area contributed by atoms with Crippen LogP contribution in [0.1, 0.15) is 45.5 Å². The molecule has 1 heterocycles. The summed E-state index contributed by atoms with van der Waals surface area (Å²) in [4.78, 5) is 27.4. The van der Waals surface area contributed by atoms with Crippen LogP contribution >= 0.6 is 12.2 Å². The number of hydrogen-bond donors (Lipinski definition) is 2. The molecule has 4 rings (SSSR count). The van der Waals surface area contributed by atoms with E-state index in [2.05, 4.69) is 22.8 Å². The summed E-state index contributed by atoms with van der Waals surface area (Å²) in [5.74, 6) is 0.306. The van der Waals surface area contributed by atoms with Gasteiger partial charge in [0.2, 0.25) is 0 Å². The Morgan fingerprint density at radius 2 is 1.60 bits per heavy atom. The predicted octanol–water partition coefficient (Wildman–Crippen LogP) is 5.06. The smallest absolute Gasteiger partial charge is 0.257 e. The van der Waals surface area contributed by atoms with Crippen molar-refractivity contribution in [3.8, 4) is 5.75 Å². The molecule has 3 aromatic carbocycles. The van der Waals surface area contributed by atoms with Crippen LogP contribution in [0.3, 0.4) is 0 Å². The first-order valence-corrected chi connectivity index (χ1v) is 12.3. The zero-order valence-corrected chi connectivity index (χ0v) is 20.4. The average Bonchev–Trinajstić information content (AvgIpc) is 2.89. The zero-order chi connectivity index (χ0) is 24.5. The topological polar surface area (TPSA) is 70.7 Å². The normalized spacial score (nSPS) is 13.1. The first-order valence-electron chi connectivity index (χ1n) is 11.9. The van der Waals surface area contributed by atoms with Crippen LogP contribution in [0.4, 0.5) is 5.69 Å². The molecule has 7 heteroatoms. The van der Waals surface area contributed by atoms with Crippen molar-refractivity contribution in [1.29, 1.82) is 0 Å². The van der Waals surface area contributed by atoms with Crippen LogP contribution in [-0.2, 0) is 6.42 Å². The molecule has 3 aromatic rings. The highest BCUT2D eigenvalue weighted by atomic mass is 32.1. The highest BCUT2D eigenvalue weighted by Crippen LogP contribution is 2.17. The summed E-state index contributed by atoms with van der Waals surface area (Å²) in [7, 11) is 0. The van der Waals surface area contributed by atoms with Gasteiger partial charge in [0.15, 0.2) is 5.11 Å². The van der Waals surface area contributed by atoms with E-state index in [1.807, 2.05) is 35.2 Å². The van der Waals surface area contributed by atoms with Crippen molar-refractivity contribution in [2.45, 2.75) is 25.7 Å². The van der Waals surface area contributed by atoms with E-state index in [0.29, 0.717) is 29.2 Å². The molecule has 0 atom stereocenters. The molecule has 0 radical (unpaired) electrons. The number of ether oxygens (including phenoxy) is 1. The summed E-state index contributed by atoms with van der Waals surface area (Å²) in [6.07, 6.45) is 4.03.